The first kappa shape index (κ1) is 16.4. The van der Waals surface area contributed by atoms with E-state index in [9.17, 15) is 26.4 Å². The van der Waals surface area contributed by atoms with Crippen LogP contribution in [0.3, 0.4) is 0 Å². The number of sulfonamides is 1. The van der Waals surface area contributed by atoms with E-state index in [0.717, 1.165) is 24.3 Å². The smallest absolute Gasteiger partial charge is 0.478 e. The van der Waals surface area contributed by atoms with Gasteiger partial charge in [0.25, 0.3) is 0 Å². The van der Waals surface area contributed by atoms with Crippen molar-refractivity contribution in [3.8, 4) is 0 Å². The van der Waals surface area contributed by atoms with Gasteiger partial charge in [0.15, 0.2) is 0 Å². The second-order valence-corrected chi connectivity index (χ2v) is 5.29. The molecule has 0 unspecified atom stereocenters. The van der Waals surface area contributed by atoms with Crippen molar-refractivity contribution in [2.45, 2.75) is 11.3 Å². The van der Waals surface area contributed by atoms with Crippen LogP contribution in [-0.4, -0.2) is 39.0 Å². The van der Waals surface area contributed by atoms with Crippen LogP contribution in [0.1, 0.15) is 10.4 Å². The van der Waals surface area contributed by atoms with Crippen LogP contribution < -0.4 is 4.72 Å². The molecule has 0 aliphatic rings. The van der Waals surface area contributed by atoms with Gasteiger partial charge in [0.1, 0.15) is 0 Å². The van der Waals surface area contributed by atoms with Crippen molar-refractivity contribution in [2.75, 3.05) is 13.2 Å². The van der Waals surface area contributed by atoms with Crippen LogP contribution in [0.25, 0.3) is 0 Å². The normalized spacial score (nSPS) is 12.3. The molecular formula is C10H10F3NO5S. The second kappa shape index (κ2) is 6.20. The number of aromatic carboxylic acids is 1. The molecule has 0 bridgehead atoms. The fraction of sp³-hybridized carbons (Fsp3) is 0.300. The molecule has 0 spiro atoms. The summed E-state index contributed by atoms with van der Waals surface area (Å²) in [6.45, 7) is -1.43. The lowest BCUT2D eigenvalue weighted by molar-refractivity contribution is -0.323. The number of carbonyl (C=O) groups is 1. The van der Waals surface area contributed by atoms with Gasteiger partial charge in [-0.1, -0.05) is 0 Å². The Labute approximate surface area is 112 Å². The topological polar surface area (TPSA) is 92.7 Å². The van der Waals surface area contributed by atoms with Gasteiger partial charge in [0.05, 0.1) is 17.1 Å². The molecule has 0 heterocycles. The van der Waals surface area contributed by atoms with Crippen LogP contribution in [0.15, 0.2) is 29.2 Å². The summed E-state index contributed by atoms with van der Waals surface area (Å²) in [5, 5.41) is 8.64. The van der Waals surface area contributed by atoms with Gasteiger partial charge in [0.2, 0.25) is 10.0 Å². The zero-order valence-electron chi connectivity index (χ0n) is 9.85. The van der Waals surface area contributed by atoms with Crippen LogP contribution in [0, 0.1) is 0 Å². The van der Waals surface area contributed by atoms with Gasteiger partial charge in [-0.25, -0.2) is 17.9 Å². The number of rotatable bonds is 6. The molecule has 0 radical (unpaired) electrons. The maximum atomic E-state index is 11.7. The number of nitrogens with one attached hydrogen (secondary N) is 1. The first-order chi connectivity index (χ1) is 9.12. The van der Waals surface area contributed by atoms with Crippen molar-refractivity contribution in [1.29, 1.82) is 0 Å². The molecule has 2 N–H and O–H groups in total. The maximum absolute atomic E-state index is 11.7. The molecule has 0 saturated carbocycles. The van der Waals surface area contributed by atoms with Gasteiger partial charge in [-0.2, -0.15) is 0 Å². The predicted octanol–water partition coefficient (Wildman–Crippen LogP) is 1.20. The molecule has 20 heavy (non-hydrogen) atoms. The highest BCUT2D eigenvalue weighted by Gasteiger charge is 2.28. The SMILES string of the molecule is O=C(O)c1ccc(S(=O)(=O)NCCOC(F)(F)F)cc1. The molecule has 1 aromatic carbocycles. The first-order valence-electron chi connectivity index (χ1n) is 5.15. The molecule has 1 rings (SSSR count). The summed E-state index contributed by atoms with van der Waals surface area (Å²) < 4.78 is 63.6. The Morgan fingerprint density at radius 2 is 1.80 bits per heavy atom. The third-order valence-corrected chi connectivity index (χ3v) is 3.55. The summed E-state index contributed by atoms with van der Waals surface area (Å²) in [7, 11) is -4.01. The van der Waals surface area contributed by atoms with Crippen LogP contribution in [0.5, 0.6) is 0 Å². The van der Waals surface area contributed by atoms with Crippen molar-refractivity contribution in [1.82, 2.24) is 4.72 Å². The van der Waals surface area contributed by atoms with E-state index < -0.39 is 35.5 Å². The van der Waals surface area contributed by atoms with E-state index in [1.807, 2.05) is 4.72 Å². The van der Waals surface area contributed by atoms with Gasteiger partial charge in [-0.15, -0.1) is 13.2 Å². The number of ether oxygens (including phenoxy) is 1. The molecule has 0 atom stereocenters. The highest BCUT2D eigenvalue weighted by Crippen LogP contribution is 2.15. The van der Waals surface area contributed by atoms with Gasteiger partial charge in [-0.3, -0.25) is 4.74 Å². The fourth-order valence-electron chi connectivity index (χ4n) is 1.20. The zero-order chi connectivity index (χ0) is 15.4. The van der Waals surface area contributed by atoms with E-state index in [2.05, 4.69) is 4.74 Å². The zero-order valence-corrected chi connectivity index (χ0v) is 10.7. The number of alkyl halides is 3. The fourth-order valence-corrected chi connectivity index (χ4v) is 2.22. The lowest BCUT2D eigenvalue weighted by Gasteiger charge is -2.09. The van der Waals surface area contributed by atoms with Crippen LogP contribution in [-0.2, 0) is 14.8 Å². The minimum Gasteiger partial charge on any atom is -0.478 e. The van der Waals surface area contributed by atoms with E-state index in [4.69, 9.17) is 5.11 Å². The number of hydrogen-bond donors (Lipinski definition) is 2. The summed E-state index contributed by atoms with van der Waals surface area (Å²) in [6.07, 6.45) is -4.82. The second-order valence-electron chi connectivity index (χ2n) is 3.52. The Kier molecular flexibility index (Phi) is 5.09. The monoisotopic (exact) mass is 313 g/mol. The van der Waals surface area contributed by atoms with E-state index in [0.29, 0.717) is 0 Å². The molecule has 6 nitrogen and oxygen atoms in total. The lowest BCUT2D eigenvalue weighted by atomic mass is 10.2. The minimum absolute atomic E-state index is 0.107. The highest BCUT2D eigenvalue weighted by molar-refractivity contribution is 7.89. The number of benzene rings is 1. The van der Waals surface area contributed by atoms with Gasteiger partial charge in [0, 0.05) is 6.54 Å². The number of halogens is 3. The molecule has 1 aromatic rings. The van der Waals surface area contributed by atoms with Crippen LogP contribution >= 0.6 is 0 Å². The van der Waals surface area contributed by atoms with Gasteiger partial charge >= 0.3 is 12.3 Å². The maximum Gasteiger partial charge on any atom is 0.522 e. The van der Waals surface area contributed by atoms with Crippen molar-refractivity contribution in [3.05, 3.63) is 29.8 Å². The number of hydrogen-bond acceptors (Lipinski definition) is 4. The molecule has 0 aliphatic heterocycles. The van der Waals surface area contributed by atoms with Crippen molar-refractivity contribution in [2.24, 2.45) is 0 Å². The highest BCUT2D eigenvalue weighted by atomic mass is 32.2. The summed E-state index contributed by atoms with van der Waals surface area (Å²) in [6, 6.07) is 4.22. The molecular weight excluding hydrogens is 303 g/mol. The van der Waals surface area contributed by atoms with Crippen molar-refractivity contribution >= 4 is 16.0 Å². The summed E-state index contributed by atoms with van der Waals surface area (Å²) >= 11 is 0. The molecule has 10 heteroatoms. The van der Waals surface area contributed by atoms with Crippen molar-refractivity contribution < 1.29 is 36.2 Å². The quantitative estimate of drug-likeness (QED) is 0.770. The van der Waals surface area contributed by atoms with Crippen LogP contribution in [0.4, 0.5) is 13.2 Å². The largest absolute Gasteiger partial charge is 0.522 e. The number of carboxylic acids is 1. The van der Waals surface area contributed by atoms with E-state index in [-0.39, 0.29) is 10.5 Å². The average molecular weight is 313 g/mol. The lowest BCUT2D eigenvalue weighted by Crippen LogP contribution is -2.29. The number of carboxylic acid groups (broad SMARTS) is 1. The Bertz CT molecular complexity index is 568. The Morgan fingerprint density at radius 3 is 2.25 bits per heavy atom. The third kappa shape index (κ3) is 5.15. The summed E-state index contributed by atoms with van der Waals surface area (Å²) in [4.78, 5) is 10.3. The van der Waals surface area contributed by atoms with Crippen LogP contribution in [0.2, 0.25) is 0 Å². The molecule has 0 aliphatic carbocycles. The summed E-state index contributed by atoms with van der Waals surface area (Å²) in [5.74, 6) is -1.22. The van der Waals surface area contributed by atoms with Gasteiger partial charge in [-0.05, 0) is 24.3 Å². The van der Waals surface area contributed by atoms with E-state index in [1.54, 1.807) is 0 Å². The first-order valence-corrected chi connectivity index (χ1v) is 6.64. The molecule has 0 amide bonds. The van der Waals surface area contributed by atoms with E-state index >= 15 is 0 Å². The Hall–Kier alpha value is -1.65. The Morgan fingerprint density at radius 1 is 1.25 bits per heavy atom. The molecule has 0 aromatic heterocycles. The summed E-state index contributed by atoms with van der Waals surface area (Å²) in [5.41, 5.74) is -0.107. The molecule has 0 fully saturated rings. The Balaban J connectivity index is 2.62. The van der Waals surface area contributed by atoms with Crippen molar-refractivity contribution in [3.63, 3.8) is 0 Å². The molecule has 0 saturated heterocycles. The van der Waals surface area contributed by atoms with E-state index in [1.165, 1.54) is 0 Å². The molecule has 112 valence electrons. The third-order valence-electron chi connectivity index (χ3n) is 2.07. The van der Waals surface area contributed by atoms with Gasteiger partial charge < -0.3 is 5.11 Å². The predicted molar refractivity (Wildman–Crippen MR) is 60.6 cm³/mol. The minimum atomic E-state index is -4.82. The standard InChI is InChI=1S/C10H10F3NO5S/c11-10(12,13)19-6-5-14-20(17,18)8-3-1-7(2-4-8)9(15)16/h1-4,14H,5-6H2,(H,15,16). The average Bonchev–Trinajstić information content (AvgIpc) is 2.34.